The van der Waals surface area contributed by atoms with Crippen LogP contribution in [0.1, 0.15) is 34.8 Å². The van der Waals surface area contributed by atoms with Gasteiger partial charge in [0.15, 0.2) is 0 Å². The first-order chi connectivity index (χ1) is 10.6. The Labute approximate surface area is 129 Å². The van der Waals surface area contributed by atoms with Crippen LogP contribution in [0.3, 0.4) is 0 Å². The highest BCUT2D eigenvalue weighted by Crippen LogP contribution is 2.21. The lowest BCUT2D eigenvalue weighted by molar-refractivity contribution is 0.102. The van der Waals surface area contributed by atoms with Crippen molar-refractivity contribution in [3.8, 4) is 0 Å². The van der Waals surface area contributed by atoms with Gasteiger partial charge in [-0.3, -0.25) is 4.79 Å². The molecule has 2 aromatic heterocycles. The second-order valence-corrected chi connectivity index (χ2v) is 5.22. The molecule has 0 aliphatic heterocycles. The molecule has 1 aromatic carbocycles. The first kappa shape index (κ1) is 14.1. The van der Waals surface area contributed by atoms with Crippen LogP contribution in [0.15, 0.2) is 55.0 Å². The summed E-state index contributed by atoms with van der Waals surface area (Å²) in [4.78, 5) is 19.1. The van der Waals surface area contributed by atoms with E-state index in [2.05, 4.69) is 26.8 Å². The van der Waals surface area contributed by atoms with Gasteiger partial charge in [-0.25, -0.2) is 4.98 Å². The summed E-state index contributed by atoms with van der Waals surface area (Å²) >= 11 is 0. The summed E-state index contributed by atoms with van der Waals surface area (Å²) in [7, 11) is 0. The van der Waals surface area contributed by atoms with E-state index in [0.717, 1.165) is 11.5 Å². The zero-order valence-corrected chi connectivity index (χ0v) is 12.6. The predicted octanol–water partition coefficient (Wildman–Crippen LogP) is 3.38. The van der Waals surface area contributed by atoms with E-state index in [1.807, 2.05) is 37.4 Å². The average Bonchev–Trinajstić information content (AvgIpc) is 3.18. The van der Waals surface area contributed by atoms with Crippen molar-refractivity contribution in [2.45, 2.75) is 19.9 Å². The Bertz CT molecular complexity index is 756. The van der Waals surface area contributed by atoms with E-state index in [1.165, 1.54) is 5.56 Å². The highest BCUT2D eigenvalue weighted by molar-refractivity contribution is 6.02. The van der Waals surface area contributed by atoms with Gasteiger partial charge in [0.1, 0.15) is 11.5 Å². The molecule has 0 bridgehead atoms. The number of nitrogens with zero attached hydrogens (tertiary/aromatic N) is 2. The number of aromatic amines is 1. The molecule has 0 fully saturated rings. The number of aryl methyl sites for hydroxylation is 1. The number of benzene rings is 1. The second kappa shape index (κ2) is 5.89. The van der Waals surface area contributed by atoms with Gasteiger partial charge in [-0.1, -0.05) is 12.1 Å². The molecule has 0 aliphatic carbocycles. The minimum Gasteiger partial charge on any atom is -0.357 e. The van der Waals surface area contributed by atoms with Gasteiger partial charge >= 0.3 is 0 Å². The number of H-pyrrole nitrogens is 1. The minimum absolute atomic E-state index is 0.142. The average molecular weight is 294 g/mol. The summed E-state index contributed by atoms with van der Waals surface area (Å²) in [6, 6.07) is 11.6. The van der Waals surface area contributed by atoms with Crippen molar-refractivity contribution in [3.63, 3.8) is 0 Å². The number of anilines is 1. The molecule has 1 atom stereocenters. The largest absolute Gasteiger partial charge is 0.357 e. The van der Waals surface area contributed by atoms with E-state index >= 15 is 0 Å². The quantitative estimate of drug-likeness (QED) is 0.775. The summed E-state index contributed by atoms with van der Waals surface area (Å²) in [5.74, 6) is 0.841. The van der Waals surface area contributed by atoms with Gasteiger partial charge < -0.3 is 14.9 Å². The van der Waals surface area contributed by atoms with Crippen LogP contribution in [0.5, 0.6) is 0 Å². The molecule has 0 radical (unpaired) electrons. The van der Waals surface area contributed by atoms with Gasteiger partial charge in [-0.2, -0.15) is 0 Å². The standard InChI is InChI=1S/C17H18N4O/c1-12(21-11-10-18-13(21)2)14-5-7-15(8-6-14)20-17(22)16-4-3-9-19-16/h3-12,19H,1-2H3,(H,20,22)/t12-/m1/s1. The summed E-state index contributed by atoms with van der Waals surface area (Å²) in [6.07, 6.45) is 5.50. The van der Waals surface area contributed by atoms with Gasteiger partial charge in [-0.05, 0) is 43.7 Å². The van der Waals surface area contributed by atoms with Crippen molar-refractivity contribution in [2.24, 2.45) is 0 Å². The number of imidazole rings is 1. The zero-order valence-electron chi connectivity index (χ0n) is 12.6. The van der Waals surface area contributed by atoms with Crippen LogP contribution >= 0.6 is 0 Å². The molecule has 3 aromatic rings. The van der Waals surface area contributed by atoms with E-state index < -0.39 is 0 Å². The molecule has 1 amide bonds. The third-order valence-electron chi connectivity index (χ3n) is 3.77. The molecule has 5 nitrogen and oxygen atoms in total. The number of amides is 1. The monoisotopic (exact) mass is 294 g/mol. The molecule has 0 saturated carbocycles. The Morgan fingerprint density at radius 1 is 1.27 bits per heavy atom. The molecular weight excluding hydrogens is 276 g/mol. The third kappa shape index (κ3) is 2.79. The summed E-state index contributed by atoms with van der Waals surface area (Å²) in [6.45, 7) is 4.11. The maximum atomic E-state index is 12.0. The number of rotatable bonds is 4. The van der Waals surface area contributed by atoms with E-state index in [-0.39, 0.29) is 11.9 Å². The highest BCUT2D eigenvalue weighted by atomic mass is 16.1. The first-order valence-electron chi connectivity index (χ1n) is 7.19. The maximum absolute atomic E-state index is 12.0. The van der Waals surface area contributed by atoms with Crippen molar-refractivity contribution in [3.05, 3.63) is 72.1 Å². The van der Waals surface area contributed by atoms with Crippen molar-refractivity contribution in [2.75, 3.05) is 5.32 Å². The van der Waals surface area contributed by atoms with Crippen molar-refractivity contribution >= 4 is 11.6 Å². The number of nitrogens with one attached hydrogen (secondary N) is 2. The molecule has 112 valence electrons. The Balaban J connectivity index is 1.73. The Kier molecular flexibility index (Phi) is 3.78. The van der Waals surface area contributed by atoms with Crippen LogP contribution in [-0.4, -0.2) is 20.4 Å². The van der Waals surface area contributed by atoms with Crippen LogP contribution in [-0.2, 0) is 0 Å². The molecule has 22 heavy (non-hydrogen) atoms. The Morgan fingerprint density at radius 2 is 2.05 bits per heavy atom. The number of carbonyl (C=O) groups excluding carboxylic acids is 1. The lowest BCUT2D eigenvalue weighted by Crippen LogP contribution is -2.12. The molecule has 3 rings (SSSR count). The number of carbonyl (C=O) groups is 1. The first-order valence-corrected chi connectivity index (χ1v) is 7.19. The fraction of sp³-hybridized carbons (Fsp3) is 0.176. The normalized spacial score (nSPS) is 12.1. The lowest BCUT2D eigenvalue weighted by Gasteiger charge is -2.16. The predicted molar refractivity (Wildman–Crippen MR) is 86.0 cm³/mol. The van der Waals surface area contributed by atoms with Gasteiger partial charge in [-0.15, -0.1) is 0 Å². The van der Waals surface area contributed by atoms with Crippen molar-refractivity contribution in [1.29, 1.82) is 0 Å². The number of aromatic nitrogens is 3. The summed E-state index contributed by atoms with van der Waals surface area (Å²) < 4.78 is 2.12. The molecule has 0 aliphatic rings. The number of hydrogen-bond acceptors (Lipinski definition) is 2. The van der Waals surface area contributed by atoms with E-state index in [4.69, 9.17) is 0 Å². The molecule has 2 heterocycles. The molecule has 0 unspecified atom stereocenters. The van der Waals surface area contributed by atoms with E-state index in [1.54, 1.807) is 24.5 Å². The van der Waals surface area contributed by atoms with Gasteiger partial charge in [0, 0.05) is 24.3 Å². The maximum Gasteiger partial charge on any atom is 0.272 e. The van der Waals surface area contributed by atoms with Gasteiger partial charge in [0.05, 0.1) is 6.04 Å². The van der Waals surface area contributed by atoms with E-state index in [9.17, 15) is 4.79 Å². The van der Waals surface area contributed by atoms with Crippen molar-refractivity contribution < 1.29 is 4.79 Å². The van der Waals surface area contributed by atoms with Crippen LogP contribution in [0.4, 0.5) is 5.69 Å². The van der Waals surface area contributed by atoms with Crippen LogP contribution in [0, 0.1) is 6.92 Å². The Hall–Kier alpha value is -2.82. The molecule has 0 spiro atoms. The van der Waals surface area contributed by atoms with Crippen LogP contribution in [0.2, 0.25) is 0 Å². The summed E-state index contributed by atoms with van der Waals surface area (Å²) in [5, 5.41) is 2.87. The minimum atomic E-state index is -0.142. The van der Waals surface area contributed by atoms with Gasteiger partial charge in [0.25, 0.3) is 5.91 Å². The fourth-order valence-electron chi connectivity index (χ4n) is 2.47. The second-order valence-electron chi connectivity index (χ2n) is 5.22. The van der Waals surface area contributed by atoms with E-state index in [0.29, 0.717) is 5.69 Å². The number of hydrogen-bond donors (Lipinski definition) is 2. The third-order valence-corrected chi connectivity index (χ3v) is 3.77. The van der Waals surface area contributed by atoms with Gasteiger partial charge in [0.2, 0.25) is 0 Å². The molecule has 0 saturated heterocycles. The van der Waals surface area contributed by atoms with Crippen molar-refractivity contribution in [1.82, 2.24) is 14.5 Å². The fourth-order valence-corrected chi connectivity index (χ4v) is 2.47. The molecular formula is C17H18N4O. The topological polar surface area (TPSA) is 62.7 Å². The Morgan fingerprint density at radius 3 is 2.64 bits per heavy atom. The molecule has 2 N–H and O–H groups in total. The highest BCUT2D eigenvalue weighted by Gasteiger charge is 2.10. The zero-order chi connectivity index (χ0) is 15.5. The van der Waals surface area contributed by atoms with Crippen LogP contribution in [0.25, 0.3) is 0 Å². The SMILES string of the molecule is Cc1nccn1[C@H](C)c1ccc(NC(=O)c2ccc[nH]2)cc1. The van der Waals surface area contributed by atoms with Crippen LogP contribution < -0.4 is 5.32 Å². The lowest BCUT2D eigenvalue weighted by atomic mass is 10.1. The smallest absolute Gasteiger partial charge is 0.272 e. The summed E-state index contributed by atoms with van der Waals surface area (Å²) in [5.41, 5.74) is 2.49. The molecule has 5 heteroatoms.